The first-order valence-corrected chi connectivity index (χ1v) is 4.64. The molecule has 0 aliphatic rings. The largest absolute Gasteiger partial charge is 0.301 e. The molecule has 0 N–H and O–H groups in total. The smallest absolute Gasteiger partial charge is 0.0539 e. The normalized spacial score (nSPS) is 9.69. The molecular formula is C12H10FIrN2-. The molecule has 16 heavy (non-hydrogen) atoms. The fourth-order valence-electron chi connectivity index (χ4n) is 1.42. The molecule has 2 rings (SSSR count). The van der Waals surface area contributed by atoms with Gasteiger partial charge in [-0.3, -0.25) is 9.37 Å². The minimum absolute atomic E-state index is 0. The van der Waals surface area contributed by atoms with E-state index in [2.05, 4.69) is 16.0 Å². The first-order chi connectivity index (χ1) is 7.16. The van der Waals surface area contributed by atoms with Gasteiger partial charge in [-0.15, -0.1) is 29.8 Å². The maximum absolute atomic E-state index is 12.7. The van der Waals surface area contributed by atoms with Gasteiger partial charge in [-0.25, -0.2) is 0 Å². The van der Waals surface area contributed by atoms with Crippen molar-refractivity contribution in [1.29, 1.82) is 0 Å². The molecule has 0 fully saturated rings. The maximum atomic E-state index is 12.7. The van der Waals surface area contributed by atoms with E-state index in [9.17, 15) is 4.39 Å². The van der Waals surface area contributed by atoms with Crippen LogP contribution in [0.2, 0.25) is 0 Å². The van der Waals surface area contributed by atoms with Crippen LogP contribution in [-0.2, 0) is 20.1 Å². The van der Waals surface area contributed by atoms with Crippen molar-refractivity contribution in [2.45, 2.75) is 13.8 Å². The minimum atomic E-state index is -0.295. The number of hydrogen-bond donors (Lipinski definition) is 0. The van der Waals surface area contributed by atoms with Crippen LogP contribution in [0.5, 0.6) is 0 Å². The van der Waals surface area contributed by atoms with Crippen molar-refractivity contribution in [3.8, 4) is 11.3 Å². The third kappa shape index (κ3) is 2.71. The summed E-state index contributed by atoms with van der Waals surface area (Å²) < 4.78 is 12.7. The van der Waals surface area contributed by atoms with Gasteiger partial charge in [0.25, 0.3) is 0 Å². The summed E-state index contributed by atoms with van der Waals surface area (Å²) in [6, 6.07) is 7.19. The fourth-order valence-corrected chi connectivity index (χ4v) is 1.42. The van der Waals surface area contributed by atoms with Crippen LogP contribution in [0.15, 0.2) is 24.4 Å². The molecular weight excluding hydrogens is 383 g/mol. The summed E-state index contributed by atoms with van der Waals surface area (Å²) in [4.78, 5) is 8.56. The Labute approximate surface area is 107 Å². The molecule has 0 unspecified atom stereocenters. The van der Waals surface area contributed by atoms with Gasteiger partial charge in [0.05, 0.1) is 5.69 Å². The molecule has 0 amide bonds. The molecule has 0 saturated carbocycles. The number of halogens is 1. The molecule has 0 aliphatic heterocycles. The molecule has 1 radical (unpaired) electrons. The van der Waals surface area contributed by atoms with Crippen LogP contribution in [-0.4, -0.2) is 9.97 Å². The number of hydrogen-bond acceptors (Lipinski definition) is 2. The van der Waals surface area contributed by atoms with Gasteiger partial charge < -0.3 is 4.98 Å². The van der Waals surface area contributed by atoms with Crippen LogP contribution >= 0.6 is 0 Å². The van der Waals surface area contributed by atoms with Crippen LogP contribution in [0, 0.1) is 25.7 Å². The predicted octanol–water partition coefficient (Wildman–Crippen LogP) is 2.70. The molecule has 1 aromatic heterocycles. The Balaban J connectivity index is 0.00000128. The van der Waals surface area contributed by atoms with E-state index in [1.54, 1.807) is 12.3 Å². The van der Waals surface area contributed by atoms with Crippen molar-refractivity contribution in [3.63, 3.8) is 0 Å². The summed E-state index contributed by atoms with van der Waals surface area (Å²) >= 11 is 0. The van der Waals surface area contributed by atoms with Crippen LogP contribution in [0.1, 0.15) is 11.4 Å². The Kier molecular flexibility index (Phi) is 4.27. The van der Waals surface area contributed by atoms with Gasteiger partial charge in [-0.05, 0) is 13.8 Å². The number of aromatic nitrogens is 2. The molecule has 0 aliphatic carbocycles. The molecule has 1 heterocycles. The topological polar surface area (TPSA) is 25.8 Å². The number of rotatable bonds is 1. The van der Waals surface area contributed by atoms with Gasteiger partial charge in [0, 0.05) is 43.5 Å². The molecule has 85 valence electrons. The summed E-state index contributed by atoms with van der Waals surface area (Å²) in [5.41, 5.74) is 3.22. The molecule has 0 bridgehead atoms. The van der Waals surface area contributed by atoms with Crippen LogP contribution in [0.25, 0.3) is 11.3 Å². The molecule has 1 aromatic carbocycles. The zero-order valence-electron chi connectivity index (χ0n) is 8.92. The van der Waals surface area contributed by atoms with Gasteiger partial charge >= 0.3 is 0 Å². The number of benzene rings is 1. The minimum Gasteiger partial charge on any atom is -0.301 e. The van der Waals surface area contributed by atoms with Gasteiger partial charge in [-0.2, -0.15) is 0 Å². The van der Waals surface area contributed by atoms with E-state index >= 15 is 0 Å². The quantitative estimate of drug-likeness (QED) is 0.697. The second kappa shape index (κ2) is 5.28. The van der Waals surface area contributed by atoms with E-state index in [-0.39, 0.29) is 25.9 Å². The summed E-state index contributed by atoms with van der Waals surface area (Å²) in [5.74, 6) is -0.295. The second-order valence-electron chi connectivity index (χ2n) is 3.37. The summed E-state index contributed by atoms with van der Waals surface area (Å²) in [6.07, 6.45) is 1.69. The van der Waals surface area contributed by atoms with E-state index in [1.807, 2.05) is 13.8 Å². The Morgan fingerprint density at radius 3 is 2.56 bits per heavy atom. The summed E-state index contributed by atoms with van der Waals surface area (Å²) in [7, 11) is 0. The zero-order valence-corrected chi connectivity index (χ0v) is 11.3. The molecule has 0 spiro atoms. The predicted molar refractivity (Wildman–Crippen MR) is 55.7 cm³/mol. The first-order valence-electron chi connectivity index (χ1n) is 4.64. The Morgan fingerprint density at radius 1 is 1.25 bits per heavy atom. The van der Waals surface area contributed by atoms with Gasteiger partial charge in [0.1, 0.15) is 0 Å². The number of nitrogens with zero attached hydrogens (tertiary/aromatic N) is 2. The van der Waals surface area contributed by atoms with E-state index in [0.29, 0.717) is 0 Å². The second-order valence-corrected chi connectivity index (χ2v) is 3.37. The van der Waals surface area contributed by atoms with Crippen LogP contribution in [0.4, 0.5) is 4.39 Å². The Hall–Kier alpha value is -1.12. The third-order valence-corrected chi connectivity index (χ3v) is 2.10. The number of aryl methyl sites for hydroxylation is 2. The van der Waals surface area contributed by atoms with Gasteiger partial charge in [-0.1, -0.05) is 0 Å². The van der Waals surface area contributed by atoms with Gasteiger partial charge in [0.2, 0.25) is 0 Å². The van der Waals surface area contributed by atoms with Crippen molar-refractivity contribution < 1.29 is 24.5 Å². The molecule has 2 nitrogen and oxygen atoms in total. The zero-order chi connectivity index (χ0) is 10.8. The van der Waals surface area contributed by atoms with E-state index in [4.69, 9.17) is 0 Å². The molecule has 0 saturated heterocycles. The van der Waals surface area contributed by atoms with E-state index in [0.717, 1.165) is 22.6 Å². The molecule has 2 aromatic rings. The van der Waals surface area contributed by atoms with E-state index in [1.165, 1.54) is 12.1 Å². The maximum Gasteiger partial charge on any atom is 0.0539 e. The summed E-state index contributed by atoms with van der Waals surface area (Å²) in [5, 5.41) is 0. The third-order valence-electron chi connectivity index (χ3n) is 2.10. The van der Waals surface area contributed by atoms with Crippen molar-refractivity contribution in [1.82, 2.24) is 9.97 Å². The van der Waals surface area contributed by atoms with Crippen LogP contribution < -0.4 is 0 Å². The fraction of sp³-hybridized carbons (Fsp3) is 0.167. The van der Waals surface area contributed by atoms with Crippen molar-refractivity contribution >= 4 is 0 Å². The monoisotopic (exact) mass is 394 g/mol. The SMILES string of the molecule is Cc1cnc(-c2[c-]cc(F)cc2)c(C)n1.[Ir]. The standard InChI is InChI=1S/C12H10FN2.Ir/c1-8-7-14-12(9(2)15-8)10-3-5-11(13)6-4-10;/h3,5-7H,1-2H3;/q-1;. The summed E-state index contributed by atoms with van der Waals surface area (Å²) in [6.45, 7) is 3.77. The van der Waals surface area contributed by atoms with Crippen LogP contribution in [0.3, 0.4) is 0 Å². The van der Waals surface area contributed by atoms with Crippen molar-refractivity contribution in [3.05, 3.63) is 47.7 Å². The molecule has 4 heteroatoms. The van der Waals surface area contributed by atoms with Gasteiger partial charge in [0.15, 0.2) is 0 Å². The first kappa shape index (κ1) is 12.9. The average molecular weight is 393 g/mol. The van der Waals surface area contributed by atoms with Crippen molar-refractivity contribution in [2.75, 3.05) is 0 Å². The average Bonchev–Trinajstić information content (AvgIpc) is 2.20. The van der Waals surface area contributed by atoms with E-state index < -0.39 is 0 Å². The molecule has 0 atom stereocenters. The Bertz CT molecular complexity index is 483. The van der Waals surface area contributed by atoms with Crippen molar-refractivity contribution in [2.24, 2.45) is 0 Å². The Morgan fingerprint density at radius 2 is 2.00 bits per heavy atom.